The third-order valence-corrected chi connectivity index (χ3v) is 2.86. The third-order valence-electron chi connectivity index (χ3n) is 2.86. The summed E-state index contributed by atoms with van der Waals surface area (Å²) in [5.41, 5.74) is -0.935. The molecule has 0 amide bonds. The zero-order valence-corrected chi connectivity index (χ0v) is 9.96. The molecule has 0 saturated carbocycles. The van der Waals surface area contributed by atoms with Crippen molar-refractivity contribution in [2.75, 3.05) is 6.54 Å². The average molecular weight is 215 g/mol. The molecule has 0 aromatic rings. The fraction of sp³-hybridized carbons (Fsp3) is 0.909. The number of aliphatic carboxylic acids is 1. The molecule has 1 heterocycles. The van der Waals surface area contributed by atoms with Gasteiger partial charge in [0.25, 0.3) is 0 Å². The maximum absolute atomic E-state index is 10.8. The number of nitrogens with one attached hydrogen (secondary N) is 1. The Hall–Kier alpha value is -0.610. The van der Waals surface area contributed by atoms with Crippen molar-refractivity contribution in [3.8, 4) is 0 Å². The van der Waals surface area contributed by atoms with Crippen molar-refractivity contribution in [1.29, 1.82) is 0 Å². The largest absolute Gasteiger partial charge is 0.480 e. The molecule has 0 aromatic heterocycles. The maximum atomic E-state index is 10.8. The summed E-state index contributed by atoms with van der Waals surface area (Å²) in [5.74, 6) is -0.834. The Morgan fingerprint density at radius 1 is 1.60 bits per heavy atom. The summed E-state index contributed by atoms with van der Waals surface area (Å²) in [7, 11) is 0. The number of ether oxygens (including phenoxy) is 1. The van der Waals surface area contributed by atoms with E-state index in [0.717, 1.165) is 12.8 Å². The van der Waals surface area contributed by atoms with E-state index in [1.54, 1.807) is 13.8 Å². The summed E-state index contributed by atoms with van der Waals surface area (Å²) in [4.78, 5) is 10.8. The Morgan fingerprint density at radius 2 is 2.20 bits per heavy atom. The van der Waals surface area contributed by atoms with E-state index >= 15 is 0 Å². The Balaban J connectivity index is 2.36. The van der Waals surface area contributed by atoms with Gasteiger partial charge in [0.1, 0.15) is 5.54 Å². The van der Waals surface area contributed by atoms with E-state index in [1.165, 1.54) is 0 Å². The Kier molecular flexibility index (Phi) is 3.41. The summed E-state index contributed by atoms with van der Waals surface area (Å²) in [6.07, 6.45) is 2.17. The highest BCUT2D eigenvalue weighted by Crippen LogP contribution is 2.29. The fourth-order valence-electron chi connectivity index (χ4n) is 1.67. The van der Waals surface area contributed by atoms with Crippen LogP contribution in [0.5, 0.6) is 0 Å². The monoisotopic (exact) mass is 215 g/mol. The van der Waals surface area contributed by atoms with Gasteiger partial charge in [0.2, 0.25) is 0 Å². The van der Waals surface area contributed by atoms with Gasteiger partial charge in [-0.2, -0.15) is 0 Å². The van der Waals surface area contributed by atoms with Gasteiger partial charge in [-0.1, -0.05) is 0 Å². The predicted octanol–water partition coefficient (Wildman–Crippen LogP) is 1.40. The number of rotatable bonds is 4. The molecule has 1 saturated heterocycles. The van der Waals surface area contributed by atoms with Crippen molar-refractivity contribution in [1.82, 2.24) is 5.32 Å². The minimum atomic E-state index is -0.879. The molecule has 88 valence electrons. The van der Waals surface area contributed by atoms with Crippen LogP contribution in [0.15, 0.2) is 0 Å². The Bertz CT molecular complexity index is 248. The zero-order chi connectivity index (χ0) is 11.7. The molecule has 2 N–H and O–H groups in total. The second-order valence-electron chi connectivity index (χ2n) is 5.35. The lowest BCUT2D eigenvalue weighted by Gasteiger charge is -2.24. The molecular formula is C11H21NO3. The highest BCUT2D eigenvalue weighted by molar-refractivity contribution is 5.77. The van der Waals surface area contributed by atoms with Crippen molar-refractivity contribution in [3.05, 3.63) is 0 Å². The van der Waals surface area contributed by atoms with Crippen LogP contribution in [-0.2, 0) is 9.53 Å². The Labute approximate surface area is 91.0 Å². The second kappa shape index (κ2) is 4.10. The van der Waals surface area contributed by atoms with Crippen LogP contribution >= 0.6 is 0 Å². The summed E-state index contributed by atoms with van der Waals surface area (Å²) < 4.78 is 5.77. The first kappa shape index (κ1) is 12.5. The zero-order valence-electron chi connectivity index (χ0n) is 9.96. The van der Waals surface area contributed by atoms with Gasteiger partial charge in [-0.15, -0.1) is 0 Å². The molecule has 0 aromatic carbocycles. The van der Waals surface area contributed by atoms with Gasteiger partial charge in [0.15, 0.2) is 0 Å². The standard InChI is InChI=1S/C11H21NO3/c1-10(2)6-5-8(15-10)7-12-11(3,4)9(13)14/h8,12H,5-7H2,1-4H3,(H,13,14). The van der Waals surface area contributed by atoms with Crippen molar-refractivity contribution < 1.29 is 14.6 Å². The van der Waals surface area contributed by atoms with Crippen LogP contribution in [0.25, 0.3) is 0 Å². The van der Waals surface area contributed by atoms with Crippen LogP contribution in [0.1, 0.15) is 40.5 Å². The first-order valence-electron chi connectivity index (χ1n) is 5.39. The highest BCUT2D eigenvalue weighted by atomic mass is 16.5. The van der Waals surface area contributed by atoms with Crippen LogP contribution in [0, 0.1) is 0 Å². The lowest BCUT2D eigenvalue weighted by Crippen LogP contribution is -2.49. The van der Waals surface area contributed by atoms with E-state index in [9.17, 15) is 4.79 Å². The predicted molar refractivity (Wildman–Crippen MR) is 57.9 cm³/mol. The number of carboxylic acids is 1. The summed E-state index contributed by atoms with van der Waals surface area (Å²) in [5, 5.41) is 11.9. The molecule has 0 aliphatic carbocycles. The highest BCUT2D eigenvalue weighted by Gasteiger charge is 2.34. The lowest BCUT2D eigenvalue weighted by atomic mass is 10.0. The number of hydrogen-bond acceptors (Lipinski definition) is 3. The van der Waals surface area contributed by atoms with E-state index in [2.05, 4.69) is 19.2 Å². The minimum absolute atomic E-state index is 0.0558. The summed E-state index contributed by atoms with van der Waals surface area (Å²) >= 11 is 0. The van der Waals surface area contributed by atoms with E-state index in [-0.39, 0.29) is 11.7 Å². The summed E-state index contributed by atoms with van der Waals surface area (Å²) in [6, 6.07) is 0. The van der Waals surface area contributed by atoms with E-state index in [0.29, 0.717) is 6.54 Å². The van der Waals surface area contributed by atoms with E-state index in [1.807, 2.05) is 0 Å². The van der Waals surface area contributed by atoms with Gasteiger partial charge in [-0.05, 0) is 40.5 Å². The molecule has 1 aliphatic heterocycles. The van der Waals surface area contributed by atoms with Crippen molar-refractivity contribution in [2.45, 2.75) is 57.8 Å². The average Bonchev–Trinajstić information content (AvgIpc) is 2.42. The van der Waals surface area contributed by atoms with Gasteiger partial charge in [-0.3, -0.25) is 10.1 Å². The van der Waals surface area contributed by atoms with Crippen LogP contribution in [-0.4, -0.2) is 34.9 Å². The number of hydrogen-bond donors (Lipinski definition) is 2. The van der Waals surface area contributed by atoms with Crippen LogP contribution in [0.4, 0.5) is 0 Å². The number of carboxylic acid groups (broad SMARTS) is 1. The molecule has 4 nitrogen and oxygen atoms in total. The fourth-order valence-corrected chi connectivity index (χ4v) is 1.67. The molecule has 1 atom stereocenters. The first-order chi connectivity index (χ1) is 6.73. The van der Waals surface area contributed by atoms with Gasteiger partial charge < -0.3 is 9.84 Å². The van der Waals surface area contributed by atoms with Crippen LogP contribution in [0.2, 0.25) is 0 Å². The van der Waals surface area contributed by atoms with E-state index < -0.39 is 11.5 Å². The number of carbonyl (C=O) groups is 1. The molecule has 0 spiro atoms. The third kappa shape index (κ3) is 3.47. The van der Waals surface area contributed by atoms with Crippen LogP contribution < -0.4 is 5.32 Å². The maximum Gasteiger partial charge on any atom is 0.323 e. The quantitative estimate of drug-likeness (QED) is 0.744. The van der Waals surface area contributed by atoms with Crippen molar-refractivity contribution in [3.63, 3.8) is 0 Å². The molecule has 4 heteroatoms. The van der Waals surface area contributed by atoms with Crippen molar-refractivity contribution in [2.24, 2.45) is 0 Å². The second-order valence-corrected chi connectivity index (χ2v) is 5.35. The lowest BCUT2D eigenvalue weighted by molar-refractivity contribution is -0.143. The van der Waals surface area contributed by atoms with Crippen LogP contribution in [0.3, 0.4) is 0 Å². The summed E-state index contributed by atoms with van der Waals surface area (Å²) in [6.45, 7) is 8.05. The van der Waals surface area contributed by atoms with Gasteiger partial charge in [-0.25, -0.2) is 0 Å². The first-order valence-corrected chi connectivity index (χ1v) is 5.39. The topological polar surface area (TPSA) is 58.6 Å². The van der Waals surface area contributed by atoms with Gasteiger partial charge in [0, 0.05) is 6.54 Å². The normalized spacial score (nSPS) is 25.5. The van der Waals surface area contributed by atoms with Gasteiger partial charge in [0.05, 0.1) is 11.7 Å². The Morgan fingerprint density at radius 3 is 2.60 bits per heavy atom. The molecule has 1 unspecified atom stereocenters. The molecule has 1 rings (SSSR count). The minimum Gasteiger partial charge on any atom is -0.480 e. The SMILES string of the molecule is CC1(C)CCC(CNC(C)(C)C(=O)O)O1. The molecule has 1 fully saturated rings. The molecule has 0 radical (unpaired) electrons. The van der Waals surface area contributed by atoms with Gasteiger partial charge >= 0.3 is 5.97 Å². The molecule has 1 aliphatic rings. The van der Waals surface area contributed by atoms with E-state index in [4.69, 9.17) is 9.84 Å². The smallest absolute Gasteiger partial charge is 0.323 e. The molecule has 0 bridgehead atoms. The van der Waals surface area contributed by atoms with Crippen molar-refractivity contribution >= 4 is 5.97 Å². The molecular weight excluding hydrogens is 194 g/mol. The molecule has 15 heavy (non-hydrogen) atoms.